The summed E-state index contributed by atoms with van der Waals surface area (Å²) in [5, 5.41) is 7.53. The van der Waals surface area contributed by atoms with Crippen molar-refractivity contribution in [3.63, 3.8) is 0 Å². The molecule has 0 spiro atoms. The number of pyridine rings is 1. The number of benzene rings is 1. The molecule has 2 amide bonds. The molecular weight excluding hydrogens is 509 g/mol. The fourth-order valence-corrected chi connectivity index (χ4v) is 5.46. The number of hydrogen-bond acceptors (Lipinski definition) is 8. The van der Waals surface area contributed by atoms with Crippen molar-refractivity contribution in [2.24, 2.45) is 0 Å². The number of halogens is 1. The van der Waals surface area contributed by atoms with Crippen LogP contribution < -0.4 is 15.5 Å². The summed E-state index contributed by atoms with van der Waals surface area (Å²) in [6.07, 6.45) is 0.244. The zero-order valence-corrected chi connectivity index (χ0v) is 22.3. The van der Waals surface area contributed by atoms with Crippen LogP contribution in [0.1, 0.15) is 42.3 Å². The van der Waals surface area contributed by atoms with Crippen LogP contribution in [-0.2, 0) is 26.5 Å². The van der Waals surface area contributed by atoms with Crippen molar-refractivity contribution in [3.05, 3.63) is 58.5 Å². The van der Waals surface area contributed by atoms with Gasteiger partial charge in [-0.2, -0.15) is 0 Å². The van der Waals surface area contributed by atoms with Crippen LogP contribution >= 0.6 is 11.3 Å². The minimum Gasteiger partial charge on any atom is -0.373 e. The molecule has 1 saturated heterocycles. The Morgan fingerprint density at radius 1 is 1.16 bits per heavy atom. The highest BCUT2D eigenvalue weighted by Gasteiger charge is 2.33. The van der Waals surface area contributed by atoms with E-state index in [1.54, 1.807) is 12.1 Å². The number of fused-ring (bicyclic) bond motifs is 1. The Kier molecular flexibility index (Phi) is 7.42. The molecule has 0 unspecified atom stereocenters. The monoisotopic (exact) mass is 539 g/mol. The molecule has 2 N–H and O–H groups in total. The molecule has 0 radical (unpaired) electrons. The number of morpholine rings is 1. The summed E-state index contributed by atoms with van der Waals surface area (Å²) in [4.78, 5) is 36.6. The van der Waals surface area contributed by atoms with Gasteiger partial charge in [-0.1, -0.05) is 12.1 Å². The molecule has 2 aliphatic heterocycles. The fourth-order valence-electron chi connectivity index (χ4n) is 4.74. The van der Waals surface area contributed by atoms with Crippen molar-refractivity contribution in [1.82, 2.24) is 15.3 Å². The van der Waals surface area contributed by atoms with Crippen molar-refractivity contribution in [2.45, 2.75) is 45.3 Å². The van der Waals surface area contributed by atoms with Gasteiger partial charge in [0.25, 0.3) is 5.91 Å². The van der Waals surface area contributed by atoms with E-state index in [1.165, 1.54) is 24.3 Å². The second-order valence-corrected chi connectivity index (χ2v) is 10.7. The minimum absolute atomic E-state index is 0.0608. The molecule has 0 saturated carbocycles. The molecular formula is C27H30FN5O4S. The second kappa shape index (κ2) is 10.8. The van der Waals surface area contributed by atoms with Gasteiger partial charge in [0.15, 0.2) is 10.8 Å². The first-order chi connectivity index (χ1) is 18.2. The van der Waals surface area contributed by atoms with E-state index in [0.29, 0.717) is 34.3 Å². The zero-order valence-electron chi connectivity index (χ0n) is 21.5. The number of thiazole rings is 1. The van der Waals surface area contributed by atoms with Crippen LogP contribution in [0.2, 0.25) is 0 Å². The van der Waals surface area contributed by atoms with Crippen LogP contribution in [0.5, 0.6) is 0 Å². The molecule has 9 nitrogen and oxygen atoms in total. The van der Waals surface area contributed by atoms with Gasteiger partial charge < -0.3 is 25.0 Å². The van der Waals surface area contributed by atoms with Gasteiger partial charge in [0.2, 0.25) is 5.91 Å². The van der Waals surface area contributed by atoms with Gasteiger partial charge in [0.1, 0.15) is 11.5 Å². The number of amides is 2. The van der Waals surface area contributed by atoms with Crippen LogP contribution in [0.25, 0.3) is 11.4 Å². The third-order valence-electron chi connectivity index (χ3n) is 6.46. The summed E-state index contributed by atoms with van der Waals surface area (Å²) in [6, 6.07) is 10.6. The van der Waals surface area contributed by atoms with Crippen molar-refractivity contribution < 1.29 is 23.5 Å². The lowest BCUT2D eigenvalue weighted by Crippen LogP contribution is -2.45. The largest absolute Gasteiger partial charge is 0.373 e. The number of anilines is 2. The van der Waals surface area contributed by atoms with E-state index < -0.39 is 17.5 Å². The Hall–Kier alpha value is -3.41. The number of alkyl halides is 1. The maximum Gasteiger partial charge on any atom is 0.251 e. The number of nitrogens with one attached hydrogen (secondary N) is 2. The van der Waals surface area contributed by atoms with Crippen LogP contribution in [0.4, 0.5) is 15.3 Å². The smallest absolute Gasteiger partial charge is 0.251 e. The topological polar surface area (TPSA) is 106 Å². The highest BCUT2D eigenvalue weighted by atomic mass is 32.1. The highest BCUT2D eigenvalue weighted by Crippen LogP contribution is 2.34. The van der Waals surface area contributed by atoms with E-state index in [1.807, 2.05) is 37.4 Å². The Balaban J connectivity index is 1.18. The van der Waals surface area contributed by atoms with E-state index in [4.69, 9.17) is 14.5 Å². The standard InChI is InChI=1S/C27H30FN5O4S/c1-16-11-33(12-17(2)37-16)23-6-4-5-21(30-23)22-14-38-26(31-22)32-24(34)10-29-25(35)18-7-8-19-13-36-15-27(3,28)20(19)9-18/h4-9,14,16-17H,10-13,15H2,1-3H3,(H,29,35)(H,31,32,34)/t16-,17+,27-/m1/s1. The van der Waals surface area contributed by atoms with Crippen LogP contribution in [-0.4, -0.2) is 60.2 Å². The lowest BCUT2D eigenvalue weighted by Gasteiger charge is -2.36. The molecule has 38 heavy (non-hydrogen) atoms. The maximum atomic E-state index is 14.8. The Morgan fingerprint density at radius 3 is 2.74 bits per heavy atom. The predicted molar refractivity (Wildman–Crippen MR) is 143 cm³/mol. The van der Waals surface area contributed by atoms with Crippen molar-refractivity contribution in [1.29, 1.82) is 0 Å². The first-order valence-electron chi connectivity index (χ1n) is 12.5. The van der Waals surface area contributed by atoms with Gasteiger partial charge >= 0.3 is 0 Å². The summed E-state index contributed by atoms with van der Waals surface area (Å²) < 4.78 is 25.9. The van der Waals surface area contributed by atoms with Crippen molar-refractivity contribution in [3.8, 4) is 11.4 Å². The predicted octanol–water partition coefficient (Wildman–Crippen LogP) is 3.90. The summed E-state index contributed by atoms with van der Waals surface area (Å²) in [5.41, 5.74) is 1.12. The Bertz CT molecular complexity index is 1340. The fraction of sp³-hybridized carbons (Fsp3) is 0.407. The SMILES string of the molecule is C[C@@H]1CN(c2cccc(-c3csc(NC(=O)CNC(=O)c4ccc5c(c4)[C@](C)(F)COC5)n3)n2)C[C@H](C)O1. The molecule has 1 fully saturated rings. The van der Waals surface area contributed by atoms with Crippen molar-refractivity contribution in [2.75, 3.05) is 36.5 Å². The van der Waals surface area contributed by atoms with Crippen molar-refractivity contribution >= 4 is 34.1 Å². The number of aromatic nitrogens is 2. The summed E-state index contributed by atoms with van der Waals surface area (Å²) >= 11 is 1.28. The van der Waals surface area contributed by atoms with E-state index in [-0.39, 0.29) is 30.9 Å². The second-order valence-electron chi connectivity index (χ2n) is 9.87. The number of rotatable bonds is 6. The molecule has 5 rings (SSSR count). The van der Waals surface area contributed by atoms with E-state index >= 15 is 0 Å². The Morgan fingerprint density at radius 2 is 1.95 bits per heavy atom. The quantitative estimate of drug-likeness (QED) is 0.489. The number of nitrogens with zero attached hydrogens (tertiary/aromatic N) is 3. The van der Waals surface area contributed by atoms with Gasteiger partial charge in [-0.05, 0) is 56.2 Å². The first kappa shape index (κ1) is 26.2. The zero-order chi connectivity index (χ0) is 26.9. The summed E-state index contributed by atoms with van der Waals surface area (Å²) in [7, 11) is 0. The van der Waals surface area contributed by atoms with Gasteiger partial charge in [-0.3, -0.25) is 9.59 Å². The molecule has 2 aromatic heterocycles. The summed E-state index contributed by atoms with van der Waals surface area (Å²) in [5.74, 6) is -0.0228. The van der Waals surface area contributed by atoms with Gasteiger partial charge in [0, 0.05) is 24.0 Å². The third-order valence-corrected chi connectivity index (χ3v) is 7.22. The third kappa shape index (κ3) is 5.85. The lowest BCUT2D eigenvalue weighted by atomic mass is 9.90. The lowest BCUT2D eigenvalue weighted by molar-refractivity contribution is -0.115. The normalized spacial score (nSPS) is 23.0. The molecule has 0 bridgehead atoms. The average molecular weight is 540 g/mol. The average Bonchev–Trinajstić information content (AvgIpc) is 3.35. The number of hydrogen-bond donors (Lipinski definition) is 2. The Labute approximate surface area is 224 Å². The molecule has 3 aromatic rings. The number of ether oxygens (including phenoxy) is 2. The van der Waals surface area contributed by atoms with Crippen LogP contribution in [0.3, 0.4) is 0 Å². The number of carbonyl (C=O) groups excluding carboxylic acids is 2. The van der Waals surface area contributed by atoms with Gasteiger partial charge in [-0.15, -0.1) is 11.3 Å². The van der Waals surface area contributed by atoms with Crippen LogP contribution in [0, 0.1) is 0 Å². The molecule has 200 valence electrons. The van der Waals surface area contributed by atoms with Gasteiger partial charge in [0.05, 0.1) is 37.7 Å². The molecule has 4 heterocycles. The molecule has 11 heteroatoms. The minimum atomic E-state index is -1.67. The molecule has 2 aliphatic rings. The van der Waals surface area contributed by atoms with E-state index in [9.17, 15) is 14.0 Å². The first-order valence-corrected chi connectivity index (χ1v) is 13.4. The van der Waals surface area contributed by atoms with Crippen LogP contribution in [0.15, 0.2) is 41.8 Å². The molecule has 1 aromatic carbocycles. The summed E-state index contributed by atoms with van der Waals surface area (Å²) in [6.45, 7) is 7.04. The van der Waals surface area contributed by atoms with E-state index in [2.05, 4.69) is 20.5 Å². The van der Waals surface area contributed by atoms with E-state index in [0.717, 1.165) is 18.9 Å². The maximum absolute atomic E-state index is 14.8. The highest BCUT2D eigenvalue weighted by molar-refractivity contribution is 7.14. The molecule has 0 aliphatic carbocycles. The molecule has 3 atom stereocenters. The van der Waals surface area contributed by atoms with Gasteiger partial charge in [-0.25, -0.2) is 14.4 Å². The number of carbonyl (C=O) groups is 2.